The van der Waals surface area contributed by atoms with Gasteiger partial charge in [0, 0.05) is 17.6 Å². The van der Waals surface area contributed by atoms with Crippen LogP contribution < -0.4 is 10.7 Å². The van der Waals surface area contributed by atoms with E-state index in [9.17, 15) is 14.4 Å². The van der Waals surface area contributed by atoms with Gasteiger partial charge in [-0.3, -0.25) is 25.1 Å². The molecule has 1 aliphatic carbocycles. The van der Waals surface area contributed by atoms with Gasteiger partial charge >= 0.3 is 0 Å². The Morgan fingerprint density at radius 3 is 2.50 bits per heavy atom. The smallest absolute Gasteiger partial charge is 0.258 e. The van der Waals surface area contributed by atoms with E-state index in [1.54, 1.807) is 48.0 Å². The van der Waals surface area contributed by atoms with Gasteiger partial charge in [-0.1, -0.05) is 29.8 Å². The van der Waals surface area contributed by atoms with E-state index in [1.807, 2.05) is 18.2 Å². The number of benzene rings is 2. The zero-order valence-corrected chi connectivity index (χ0v) is 18.0. The van der Waals surface area contributed by atoms with Crippen LogP contribution in [0.5, 0.6) is 0 Å². The monoisotopic (exact) mass is 449 g/mol. The Morgan fingerprint density at radius 2 is 1.78 bits per heavy atom. The average Bonchev–Trinajstić information content (AvgIpc) is 3.22. The van der Waals surface area contributed by atoms with E-state index in [1.165, 1.54) is 0 Å². The third-order valence-electron chi connectivity index (χ3n) is 5.94. The molecule has 1 aromatic heterocycles. The number of rotatable bonds is 4. The minimum absolute atomic E-state index is 0.238. The molecule has 32 heavy (non-hydrogen) atoms. The number of fused-ring (bicyclic) bond motifs is 2. The first kappa shape index (κ1) is 20.3. The van der Waals surface area contributed by atoms with Gasteiger partial charge in [0.2, 0.25) is 5.95 Å². The minimum Gasteiger partial charge on any atom is -0.313 e. The van der Waals surface area contributed by atoms with Crippen LogP contribution in [0.3, 0.4) is 0 Å². The Bertz CT molecular complexity index is 1270. The molecule has 0 saturated carbocycles. The first-order valence-electron chi connectivity index (χ1n) is 10.3. The lowest BCUT2D eigenvalue weighted by Crippen LogP contribution is -2.36. The summed E-state index contributed by atoms with van der Waals surface area (Å²) < 4.78 is 1.77. The van der Waals surface area contributed by atoms with Crippen LogP contribution in [0.25, 0.3) is 11.0 Å². The molecule has 3 aromatic rings. The number of allylic oxidation sites excluding steroid dienone is 2. The van der Waals surface area contributed by atoms with Crippen molar-refractivity contribution in [1.82, 2.24) is 14.6 Å². The number of carbonyl (C=O) groups is 3. The van der Waals surface area contributed by atoms with Crippen molar-refractivity contribution in [2.24, 2.45) is 18.9 Å². The molecular weight excluding hydrogens is 430 g/mol. The van der Waals surface area contributed by atoms with Gasteiger partial charge in [0.1, 0.15) is 0 Å². The Kier molecular flexibility index (Phi) is 4.94. The van der Waals surface area contributed by atoms with Crippen LogP contribution >= 0.6 is 11.6 Å². The molecule has 0 spiro atoms. The Hall–Kier alpha value is -3.65. The number of nitrogens with one attached hydrogen (secondary N) is 2. The molecule has 0 unspecified atom stereocenters. The number of halogens is 1. The van der Waals surface area contributed by atoms with Crippen molar-refractivity contribution in [1.29, 1.82) is 0 Å². The number of anilines is 2. The summed E-state index contributed by atoms with van der Waals surface area (Å²) in [6.07, 6.45) is 5.02. The van der Waals surface area contributed by atoms with Gasteiger partial charge in [-0.25, -0.2) is 4.98 Å². The highest BCUT2D eigenvalue weighted by atomic mass is 35.5. The molecule has 2 N–H and O–H groups in total. The molecule has 2 heterocycles. The van der Waals surface area contributed by atoms with Crippen molar-refractivity contribution in [3.05, 3.63) is 65.2 Å². The Morgan fingerprint density at radius 1 is 1.06 bits per heavy atom. The maximum atomic E-state index is 12.9. The van der Waals surface area contributed by atoms with Crippen LogP contribution in [0.15, 0.2) is 54.6 Å². The van der Waals surface area contributed by atoms with Crippen LogP contribution in [0, 0.1) is 11.8 Å². The van der Waals surface area contributed by atoms with Crippen LogP contribution in [-0.2, 0) is 16.6 Å². The third-order valence-corrected chi connectivity index (χ3v) is 6.18. The molecule has 1 aliphatic heterocycles. The number of imide groups is 1. The standard InChI is InChI=1S/C23H20ClN5O3/c1-28-19-10-9-14(24)12-18(19)25-23(28)26-20(30)13-5-4-6-15(11-13)27-29-21(31)16-7-2-3-8-17(16)22(29)32/h2-6,9-12,16-17,27H,7-8H2,1H3,(H,25,26,30)/t16-,17-/m1/s1. The van der Waals surface area contributed by atoms with E-state index in [-0.39, 0.29) is 29.6 Å². The predicted octanol–water partition coefficient (Wildman–Crippen LogP) is 3.76. The summed E-state index contributed by atoms with van der Waals surface area (Å²) in [4.78, 5) is 42.6. The third kappa shape index (κ3) is 3.42. The predicted molar refractivity (Wildman–Crippen MR) is 121 cm³/mol. The number of hydrazine groups is 1. The second-order valence-corrected chi connectivity index (χ2v) is 8.38. The van der Waals surface area contributed by atoms with Gasteiger partial charge in [0.25, 0.3) is 17.7 Å². The number of imidazole rings is 1. The summed E-state index contributed by atoms with van der Waals surface area (Å²) in [7, 11) is 1.80. The van der Waals surface area contributed by atoms with E-state index >= 15 is 0 Å². The average molecular weight is 450 g/mol. The minimum atomic E-state index is -0.366. The highest BCUT2D eigenvalue weighted by Gasteiger charge is 2.47. The number of nitrogens with zero attached hydrogens (tertiary/aromatic N) is 3. The number of amides is 3. The first-order valence-corrected chi connectivity index (χ1v) is 10.6. The molecule has 2 aliphatic rings. The highest BCUT2D eigenvalue weighted by molar-refractivity contribution is 6.31. The van der Waals surface area contributed by atoms with Gasteiger partial charge in [0.05, 0.1) is 28.6 Å². The number of aromatic nitrogens is 2. The maximum Gasteiger partial charge on any atom is 0.258 e. The van der Waals surface area contributed by atoms with Crippen molar-refractivity contribution in [2.45, 2.75) is 12.8 Å². The molecule has 3 amide bonds. The van der Waals surface area contributed by atoms with Gasteiger partial charge in [-0.15, -0.1) is 0 Å². The molecule has 9 heteroatoms. The first-order chi connectivity index (χ1) is 15.4. The van der Waals surface area contributed by atoms with E-state index in [4.69, 9.17) is 11.6 Å². The largest absolute Gasteiger partial charge is 0.313 e. The molecule has 162 valence electrons. The van der Waals surface area contributed by atoms with E-state index in [0.29, 0.717) is 40.6 Å². The second-order valence-electron chi connectivity index (χ2n) is 7.94. The van der Waals surface area contributed by atoms with Crippen LogP contribution in [0.4, 0.5) is 11.6 Å². The summed E-state index contributed by atoms with van der Waals surface area (Å²) in [5.41, 5.74) is 5.23. The summed E-state index contributed by atoms with van der Waals surface area (Å²) in [6.45, 7) is 0. The van der Waals surface area contributed by atoms with Crippen molar-refractivity contribution >= 4 is 52.0 Å². The summed E-state index contributed by atoms with van der Waals surface area (Å²) in [5, 5.41) is 4.44. The molecule has 0 radical (unpaired) electrons. The lowest BCUT2D eigenvalue weighted by Gasteiger charge is -2.17. The molecule has 2 atom stereocenters. The molecule has 1 fully saturated rings. The van der Waals surface area contributed by atoms with Crippen molar-refractivity contribution in [3.8, 4) is 0 Å². The SMILES string of the molecule is Cn1c(NC(=O)c2cccc(NN3C(=O)[C@@H]4CC=CC[C@H]4C3=O)c2)nc2cc(Cl)ccc21. The number of aryl methyl sites for hydroxylation is 1. The number of hydrogen-bond acceptors (Lipinski definition) is 5. The van der Waals surface area contributed by atoms with Gasteiger partial charge in [-0.05, 0) is 49.2 Å². The quantitative estimate of drug-likeness (QED) is 0.467. The molecule has 0 bridgehead atoms. The fourth-order valence-electron chi connectivity index (χ4n) is 4.23. The molecule has 8 nitrogen and oxygen atoms in total. The zero-order chi connectivity index (χ0) is 22.4. The molecule has 2 aromatic carbocycles. The Labute approximate surface area is 188 Å². The van der Waals surface area contributed by atoms with Crippen molar-refractivity contribution < 1.29 is 14.4 Å². The molecule has 1 saturated heterocycles. The fourth-order valence-corrected chi connectivity index (χ4v) is 4.39. The van der Waals surface area contributed by atoms with Gasteiger partial charge in [-0.2, -0.15) is 5.01 Å². The highest BCUT2D eigenvalue weighted by Crippen LogP contribution is 2.35. The molecular formula is C23H20ClN5O3. The Balaban J connectivity index is 1.34. The number of carbonyl (C=O) groups excluding carboxylic acids is 3. The van der Waals surface area contributed by atoms with E-state index in [2.05, 4.69) is 15.7 Å². The van der Waals surface area contributed by atoms with Crippen LogP contribution in [0.2, 0.25) is 5.02 Å². The summed E-state index contributed by atoms with van der Waals surface area (Å²) in [5.74, 6) is -1.10. The van der Waals surface area contributed by atoms with Crippen molar-refractivity contribution in [3.63, 3.8) is 0 Å². The summed E-state index contributed by atoms with van der Waals surface area (Å²) in [6, 6.07) is 12.0. The number of hydrogen-bond donors (Lipinski definition) is 2. The fraction of sp³-hybridized carbons (Fsp3) is 0.217. The molecule has 5 rings (SSSR count). The lowest BCUT2D eigenvalue weighted by atomic mass is 9.85. The lowest BCUT2D eigenvalue weighted by molar-refractivity contribution is -0.138. The van der Waals surface area contributed by atoms with Gasteiger partial charge < -0.3 is 4.57 Å². The van der Waals surface area contributed by atoms with E-state index in [0.717, 1.165) is 10.5 Å². The summed E-state index contributed by atoms with van der Waals surface area (Å²) >= 11 is 6.03. The zero-order valence-electron chi connectivity index (χ0n) is 17.2. The second kappa shape index (κ2) is 7.80. The van der Waals surface area contributed by atoms with Gasteiger partial charge in [0.15, 0.2) is 0 Å². The maximum absolute atomic E-state index is 12.9. The van der Waals surface area contributed by atoms with Crippen molar-refractivity contribution in [2.75, 3.05) is 10.7 Å². The normalized spacial score (nSPS) is 20.0. The topological polar surface area (TPSA) is 96.3 Å². The van der Waals surface area contributed by atoms with E-state index < -0.39 is 0 Å². The van der Waals surface area contributed by atoms with Crippen LogP contribution in [0.1, 0.15) is 23.2 Å². The van der Waals surface area contributed by atoms with Crippen LogP contribution in [-0.4, -0.2) is 32.3 Å².